The summed E-state index contributed by atoms with van der Waals surface area (Å²) in [4.78, 5) is 0.351. The number of nitrogens with zero attached hydrogens (tertiary/aromatic N) is 2. The Morgan fingerprint density at radius 1 is 1.17 bits per heavy atom. The number of aromatic nitrogens is 2. The van der Waals surface area contributed by atoms with Crippen molar-refractivity contribution in [2.75, 3.05) is 0 Å². The number of hydrogen-bond donors (Lipinski definition) is 0. The minimum atomic E-state index is 0.338. The van der Waals surface area contributed by atoms with Gasteiger partial charge >= 0.3 is 0 Å². The van der Waals surface area contributed by atoms with Crippen LogP contribution in [0.2, 0.25) is 0 Å². The molecule has 0 unspecified atom stereocenters. The van der Waals surface area contributed by atoms with Crippen molar-refractivity contribution in [2.45, 2.75) is 0 Å². The molecule has 5 nitrogen and oxygen atoms in total. The smallest absolute Gasteiger partial charge is 0.290 e. The zero-order valence-corrected chi connectivity index (χ0v) is 10.6. The van der Waals surface area contributed by atoms with Gasteiger partial charge in [-0.1, -0.05) is 22.0 Å². The maximum atomic E-state index is 11.3. The first-order chi connectivity index (χ1) is 8.74. The monoisotopic (exact) mass is 306 g/mol. The van der Waals surface area contributed by atoms with E-state index in [0.29, 0.717) is 27.4 Å². The molecular formula is C12H7BrN2O3. The van der Waals surface area contributed by atoms with Gasteiger partial charge in [0.15, 0.2) is 5.75 Å². The van der Waals surface area contributed by atoms with E-state index >= 15 is 0 Å². The van der Waals surface area contributed by atoms with Gasteiger partial charge in [-0.3, -0.25) is 4.63 Å². The highest BCUT2D eigenvalue weighted by Crippen LogP contribution is 2.27. The molecule has 2 aromatic carbocycles. The number of benzene rings is 2. The largest absolute Gasteiger partial charge is 0.452 e. The molecule has 3 aromatic rings. The van der Waals surface area contributed by atoms with Crippen molar-refractivity contribution >= 4 is 27.0 Å². The van der Waals surface area contributed by atoms with E-state index in [0.717, 1.165) is 4.47 Å². The van der Waals surface area contributed by atoms with Crippen LogP contribution in [-0.4, -0.2) is 5.16 Å². The van der Waals surface area contributed by atoms with Crippen LogP contribution in [0.1, 0.15) is 0 Å². The van der Waals surface area contributed by atoms with Gasteiger partial charge in [0.2, 0.25) is 5.52 Å². The summed E-state index contributed by atoms with van der Waals surface area (Å²) in [6.45, 7) is 0. The van der Waals surface area contributed by atoms with Gasteiger partial charge in [0.05, 0.1) is 5.16 Å². The molecule has 0 saturated carbocycles. The Balaban J connectivity index is 2.02. The average molecular weight is 307 g/mol. The second-order valence-electron chi connectivity index (χ2n) is 3.61. The predicted octanol–water partition coefficient (Wildman–Crippen LogP) is 3.02. The van der Waals surface area contributed by atoms with E-state index in [4.69, 9.17) is 4.74 Å². The third-order valence-electron chi connectivity index (χ3n) is 2.42. The molecule has 1 aromatic heterocycles. The van der Waals surface area contributed by atoms with E-state index in [-0.39, 0.29) is 0 Å². The first-order valence-electron chi connectivity index (χ1n) is 5.16. The fourth-order valence-corrected chi connectivity index (χ4v) is 1.85. The van der Waals surface area contributed by atoms with Gasteiger partial charge in [-0.2, -0.15) is 0 Å². The Kier molecular flexibility index (Phi) is 2.64. The van der Waals surface area contributed by atoms with E-state index in [1.807, 2.05) is 24.3 Å². The van der Waals surface area contributed by atoms with Crippen molar-refractivity contribution in [3.05, 3.63) is 52.1 Å². The summed E-state index contributed by atoms with van der Waals surface area (Å²) in [7, 11) is 0. The second-order valence-corrected chi connectivity index (χ2v) is 4.53. The molecule has 0 saturated heterocycles. The summed E-state index contributed by atoms with van der Waals surface area (Å²) >= 11 is 3.35. The van der Waals surface area contributed by atoms with Crippen molar-refractivity contribution in [3.63, 3.8) is 0 Å². The molecular weight excluding hydrogens is 300 g/mol. The minimum Gasteiger partial charge on any atom is -0.452 e. The Morgan fingerprint density at radius 2 is 1.94 bits per heavy atom. The summed E-state index contributed by atoms with van der Waals surface area (Å²) in [5.41, 5.74) is 0.736. The molecule has 0 fully saturated rings. The highest BCUT2D eigenvalue weighted by atomic mass is 79.9. The van der Waals surface area contributed by atoms with Crippen LogP contribution in [0.25, 0.3) is 11.0 Å². The van der Waals surface area contributed by atoms with E-state index in [9.17, 15) is 5.21 Å². The van der Waals surface area contributed by atoms with Crippen LogP contribution in [0.4, 0.5) is 0 Å². The molecule has 3 rings (SSSR count). The Labute approximate surface area is 110 Å². The third kappa shape index (κ3) is 1.91. The van der Waals surface area contributed by atoms with E-state index < -0.39 is 0 Å². The quantitative estimate of drug-likeness (QED) is 0.683. The maximum Gasteiger partial charge on any atom is 0.290 e. The molecule has 0 radical (unpaired) electrons. The summed E-state index contributed by atoms with van der Waals surface area (Å²) in [5, 5.41) is 14.9. The molecule has 0 aliphatic rings. The first-order valence-corrected chi connectivity index (χ1v) is 5.95. The van der Waals surface area contributed by atoms with Gasteiger partial charge in [-0.15, -0.1) is 0 Å². The molecule has 90 valence electrons. The topological polar surface area (TPSA) is 62.2 Å². The lowest BCUT2D eigenvalue weighted by Crippen LogP contribution is -2.22. The van der Waals surface area contributed by atoms with Crippen molar-refractivity contribution in [2.24, 2.45) is 0 Å². The SMILES string of the molecule is [O-][n+]1onc2c(Oc3ccc(Br)cc3)cccc21. The highest BCUT2D eigenvalue weighted by Gasteiger charge is 2.15. The number of hydrogen-bond acceptors (Lipinski definition) is 4. The van der Waals surface area contributed by atoms with Gasteiger partial charge in [0, 0.05) is 4.47 Å². The molecule has 0 aliphatic heterocycles. The van der Waals surface area contributed by atoms with Crippen molar-refractivity contribution in [3.8, 4) is 11.5 Å². The molecule has 0 spiro atoms. The van der Waals surface area contributed by atoms with Crippen LogP contribution in [0, 0.1) is 5.21 Å². The van der Waals surface area contributed by atoms with Crippen LogP contribution in [0.3, 0.4) is 0 Å². The zero-order valence-electron chi connectivity index (χ0n) is 9.04. The first kappa shape index (κ1) is 11.0. The summed E-state index contributed by atoms with van der Waals surface area (Å²) in [6, 6.07) is 12.4. The second kappa shape index (κ2) is 4.30. The fraction of sp³-hybridized carbons (Fsp3) is 0. The van der Waals surface area contributed by atoms with Crippen LogP contribution >= 0.6 is 15.9 Å². The summed E-state index contributed by atoms with van der Waals surface area (Å²) < 4.78 is 11.2. The third-order valence-corrected chi connectivity index (χ3v) is 2.95. The van der Waals surface area contributed by atoms with E-state index in [1.54, 1.807) is 18.2 Å². The van der Waals surface area contributed by atoms with Gasteiger partial charge < -0.3 is 9.94 Å². The zero-order chi connectivity index (χ0) is 12.5. The van der Waals surface area contributed by atoms with Crippen molar-refractivity contribution in [1.29, 1.82) is 0 Å². The molecule has 0 amide bonds. The van der Waals surface area contributed by atoms with E-state index in [2.05, 4.69) is 25.7 Å². The van der Waals surface area contributed by atoms with Gasteiger partial charge in [-0.05, 0) is 41.3 Å². The van der Waals surface area contributed by atoms with Gasteiger partial charge in [-0.25, -0.2) is 0 Å². The molecule has 18 heavy (non-hydrogen) atoms. The number of rotatable bonds is 2. The minimum absolute atomic E-state index is 0.338. The molecule has 0 bridgehead atoms. The number of fused-ring (bicyclic) bond motifs is 1. The Bertz CT molecular complexity index is 694. The maximum absolute atomic E-state index is 11.3. The van der Waals surface area contributed by atoms with Crippen molar-refractivity contribution < 1.29 is 14.3 Å². The number of ether oxygens (including phenoxy) is 1. The average Bonchev–Trinajstić information content (AvgIpc) is 2.76. The lowest BCUT2D eigenvalue weighted by molar-refractivity contribution is -0.782. The van der Waals surface area contributed by atoms with Crippen molar-refractivity contribution in [1.82, 2.24) is 5.16 Å². The number of halogens is 1. The fourth-order valence-electron chi connectivity index (χ4n) is 1.58. The Hall–Kier alpha value is -2.08. The molecule has 1 heterocycles. The summed E-state index contributed by atoms with van der Waals surface area (Å²) in [6.07, 6.45) is 0. The Morgan fingerprint density at radius 3 is 2.72 bits per heavy atom. The van der Waals surface area contributed by atoms with Gasteiger partial charge in [0.1, 0.15) is 5.75 Å². The highest BCUT2D eigenvalue weighted by molar-refractivity contribution is 9.10. The standard InChI is InChI=1S/C12H7BrN2O3/c13-8-4-6-9(7-5-8)17-11-3-1-2-10-12(11)14-18-15(10)16/h1-7H. The lowest BCUT2D eigenvalue weighted by Gasteiger charge is -2.03. The van der Waals surface area contributed by atoms with Crippen LogP contribution in [0.5, 0.6) is 11.5 Å². The van der Waals surface area contributed by atoms with Crippen LogP contribution < -0.4 is 9.64 Å². The summed E-state index contributed by atoms with van der Waals surface area (Å²) in [5.74, 6) is 1.14. The molecule has 0 N–H and O–H groups in total. The molecule has 0 atom stereocenters. The van der Waals surface area contributed by atoms with Gasteiger partial charge in [0.25, 0.3) is 5.52 Å². The normalized spacial score (nSPS) is 10.7. The van der Waals surface area contributed by atoms with Crippen LogP contribution in [-0.2, 0) is 0 Å². The predicted molar refractivity (Wildman–Crippen MR) is 67.2 cm³/mol. The van der Waals surface area contributed by atoms with E-state index in [1.165, 1.54) is 0 Å². The molecule has 6 heteroatoms. The lowest BCUT2D eigenvalue weighted by atomic mass is 10.3. The molecule has 0 aliphatic carbocycles. The van der Waals surface area contributed by atoms with Crippen LogP contribution in [0.15, 0.2) is 51.6 Å².